The first-order valence-electron chi connectivity index (χ1n) is 11.8. The van der Waals surface area contributed by atoms with E-state index in [-0.39, 0.29) is 11.9 Å². The third-order valence-corrected chi connectivity index (χ3v) is 6.87. The van der Waals surface area contributed by atoms with Crippen LogP contribution in [-0.4, -0.2) is 30.4 Å². The summed E-state index contributed by atoms with van der Waals surface area (Å²) in [7, 11) is 1.83. The van der Waals surface area contributed by atoms with Crippen LogP contribution >= 0.6 is 0 Å². The number of benzene rings is 2. The molecule has 1 amide bonds. The molecule has 34 heavy (non-hydrogen) atoms. The van der Waals surface area contributed by atoms with Crippen molar-refractivity contribution in [2.75, 3.05) is 17.7 Å². The van der Waals surface area contributed by atoms with Crippen LogP contribution in [-0.2, 0) is 4.74 Å². The number of rotatable bonds is 8. The SMILES string of the molecule is CNc1c(-c2ccc(NC(=O)O[C@H](C)C3CC3)cc2)n(C2CCC2)c2ccc(OC(F)F)cc12. The molecular weight excluding hydrogens is 440 g/mol. The molecule has 2 N–H and O–H groups in total. The standard InChI is InChI=1S/C26H29F2N3O3/c1-15(16-6-7-16)33-26(32)30-18-10-8-17(9-11-18)24-23(29-2)21-14-20(34-25(27)28)12-13-22(21)31(24)19-4-3-5-19/h8-16,19,25,29H,3-7H2,1-2H3,(H,30,32)/t15-/m1/s1. The zero-order valence-corrected chi connectivity index (χ0v) is 19.3. The van der Waals surface area contributed by atoms with E-state index in [1.54, 1.807) is 12.1 Å². The molecule has 6 nitrogen and oxygen atoms in total. The van der Waals surface area contributed by atoms with Crippen molar-refractivity contribution in [3.05, 3.63) is 42.5 Å². The topological polar surface area (TPSA) is 64.5 Å². The lowest BCUT2D eigenvalue weighted by Gasteiger charge is -2.30. The number of aromatic nitrogens is 1. The number of carbonyl (C=O) groups excluding carboxylic acids is 1. The van der Waals surface area contributed by atoms with Crippen LogP contribution in [0.4, 0.5) is 25.0 Å². The molecule has 1 aromatic heterocycles. The van der Waals surface area contributed by atoms with Gasteiger partial charge in [0.15, 0.2) is 0 Å². The molecule has 2 fully saturated rings. The van der Waals surface area contributed by atoms with Gasteiger partial charge in [0.1, 0.15) is 11.9 Å². The number of nitrogens with zero attached hydrogens (tertiary/aromatic N) is 1. The van der Waals surface area contributed by atoms with E-state index >= 15 is 0 Å². The van der Waals surface area contributed by atoms with Crippen LogP contribution in [0.5, 0.6) is 5.75 Å². The molecule has 5 rings (SSSR count). The number of fused-ring (bicyclic) bond motifs is 1. The van der Waals surface area contributed by atoms with Gasteiger partial charge in [0.2, 0.25) is 0 Å². The minimum Gasteiger partial charge on any atom is -0.446 e. The largest absolute Gasteiger partial charge is 0.446 e. The molecule has 3 aromatic rings. The number of hydrogen-bond donors (Lipinski definition) is 2. The molecule has 1 heterocycles. The second-order valence-electron chi connectivity index (χ2n) is 9.14. The Morgan fingerprint density at radius 3 is 2.41 bits per heavy atom. The Labute approximate surface area is 197 Å². The first-order chi connectivity index (χ1) is 16.4. The van der Waals surface area contributed by atoms with Gasteiger partial charge in [-0.3, -0.25) is 5.32 Å². The first kappa shape index (κ1) is 22.5. The third-order valence-electron chi connectivity index (χ3n) is 6.87. The molecule has 8 heteroatoms. The first-order valence-corrected chi connectivity index (χ1v) is 11.8. The summed E-state index contributed by atoms with van der Waals surface area (Å²) in [4.78, 5) is 12.2. The Kier molecular flexibility index (Phi) is 6.06. The van der Waals surface area contributed by atoms with Crippen molar-refractivity contribution in [1.29, 1.82) is 0 Å². The lowest BCUT2D eigenvalue weighted by atomic mass is 9.92. The number of amides is 1. The summed E-state index contributed by atoms with van der Waals surface area (Å²) in [6, 6.07) is 13.1. The Balaban J connectivity index is 1.47. The zero-order valence-electron chi connectivity index (χ0n) is 19.3. The summed E-state index contributed by atoms with van der Waals surface area (Å²) >= 11 is 0. The number of nitrogens with one attached hydrogen (secondary N) is 2. The molecule has 0 aliphatic heterocycles. The molecule has 0 bridgehead atoms. The van der Waals surface area contributed by atoms with Gasteiger partial charge in [0.25, 0.3) is 0 Å². The highest BCUT2D eigenvalue weighted by Gasteiger charge is 2.31. The predicted molar refractivity (Wildman–Crippen MR) is 129 cm³/mol. The highest BCUT2D eigenvalue weighted by atomic mass is 19.3. The molecule has 0 unspecified atom stereocenters. The summed E-state index contributed by atoms with van der Waals surface area (Å²) < 4.78 is 38.0. The van der Waals surface area contributed by atoms with Crippen molar-refractivity contribution in [3.63, 3.8) is 0 Å². The smallest absolute Gasteiger partial charge is 0.411 e. The van der Waals surface area contributed by atoms with Gasteiger partial charge in [0, 0.05) is 29.7 Å². The minimum atomic E-state index is -2.87. The van der Waals surface area contributed by atoms with Crippen molar-refractivity contribution in [2.24, 2.45) is 5.92 Å². The normalized spacial score (nSPS) is 16.9. The lowest BCUT2D eigenvalue weighted by molar-refractivity contribution is -0.0497. The second kappa shape index (κ2) is 9.16. The van der Waals surface area contributed by atoms with E-state index in [1.165, 1.54) is 0 Å². The predicted octanol–water partition coefficient (Wildman–Crippen LogP) is 7.02. The van der Waals surface area contributed by atoms with Gasteiger partial charge in [-0.15, -0.1) is 0 Å². The summed E-state index contributed by atoms with van der Waals surface area (Å²) in [5.41, 5.74) is 4.45. The second-order valence-corrected chi connectivity index (χ2v) is 9.14. The highest BCUT2D eigenvalue weighted by molar-refractivity contribution is 6.03. The van der Waals surface area contributed by atoms with Crippen molar-refractivity contribution in [1.82, 2.24) is 4.57 Å². The number of anilines is 2. The van der Waals surface area contributed by atoms with Gasteiger partial charge in [-0.25, -0.2) is 4.79 Å². The number of halogens is 2. The van der Waals surface area contributed by atoms with Crippen LogP contribution in [0.25, 0.3) is 22.2 Å². The van der Waals surface area contributed by atoms with Crippen LogP contribution in [0.1, 0.15) is 45.1 Å². The fourth-order valence-electron chi connectivity index (χ4n) is 4.72. The number of hydrogen-bond acceptors (Lipinski definition) is 4. The van der Waals surface area contributed by atoms with E-state index in [0.717, 1.165) is 60.0 Å². The summed E-state index contributed by atoms with van der Waals surface area (Å²) in [5, 5.41) is 6.91. The monoisotopic (exact) mass is 469 g/mol. The Bertz CT molecular complexity index is 1180. The van der Waals surface area contributed by atoms with E-state index < -0.39 is 12.7 Å². The molecule has 2 saturated carbocycles. The molecule has 2 aromatic carbocycles. The fourth-order valence-corrected chi connectivity index (χ4v) is 4.72. The minimum absolute atomic E-state index is 0.0745. The Hall–Kier alpha value is -3.29. The maximum atomic E-state index is 12.8. The average Bonchev–Trinajstić information content (AvgIpc) is 3.57. The van der Waals surface area contributed by atoms with Gasteiger partial charge >= 0.3 is 12.7 Å². The van der Waals surface area contributed by atoms with Crippen molar-refractivity contribution < 1.29 is 23.0 Å². The summed E-state index contributed by atoms with van der Waals surface area (Å²) in [5.74, 6) is 0.614. The zero-order chi connectivity index (χ0) is 23.8. The molecule has 1 atom stereocenters. The third kappa shape index (κ3) is 4.41. The Morgan fingerprint density at radius 1 is 1.09 bits per heavy atom. The van der Waals surface area contributed by atoms with Gasteiger partial charge in [-0.1, -0.05) is 12.1 Å². The average molecular weight is 470 g/mol. The summed E-state index contributed by atoms with van der Waals surface area (Å²) in [6.45, 7) is -0.945. The van der Waals surface area contributed by atoms with Gasteiger partial charge < -0.3 is 19.4 Å². The van der Waals surface area contributed by atoms with Crippen molar-refractivity contribution >= 4 is 28.4 Å². The summed E-state index contributed by atoms with van der Waals surface area (Å²) in [6.07, 6.45) is 5.01. The van der Waals surface area contributed by atoms with Crippen molar-refractivity contribution in [3.8, 4) is 17.0 Å². The van der Waals surface area contributed by atoms with Gasteiger partial charge in [0.05, 0.1) is 16.9 Å². The van der Waals surface area contributed by atoms with E-state index in [9.17, 15) is 13.6 Å². The van der Waals surface area contributed by atoms with E-state index in [1.807, 2.05) is 44.3 Å². The molecule has 0 saturated heterocycles. The fraction of sp³-hybridized carbons (Fsp3) is 0.423. The number of carbonyl (C=O) groups is 1. The van der Waals surface area contributed by atoms with E-state index in [0.29, 0.717) is 17.6 Å². The molecule has 2 aliphatic carbocycles. The highest BCUT2D eigenvalue weighted by Crippen LogP contribution is 2.46. The maximum absolute atomic E-state index is 12.8. The van der Waals surface area contributed by atoms with Crippen LogP contribution < -0.4 is 15.4 Å². The molecule has 0 spiro atoms. The Morgan fingerprint density at radius 2 is 1.82 bits per heavy atom. The van der Waals surface area contributed by atoms with Gasteiger partial charge in [-0.2, -0.15) is 8.78 Å². The van der Waals surface area contributed by atoms with Crippen molar-refractivity contribution in [2.45, 2.75) is 57.8 Å². The number of ether oxygens (including phenoxy) is 2. The lowest BCUT2D eigenvalue weighted by Crippen LogP contribution is -2.21. The quantitative estimate of drug-likeness (QED) is 0.372. The number of alkyl halides is 2. The maximum Gasteiger partial charge on any atom is 0.411 e. The van der Waals surface area contributed by atoms with Crippen LogP contribution in [0.15, 0.2) is 42.5 Å². The van der Waals surface area contributed by atoms with E-state index in [4.69, 9.17) is 4.74 Å². The van der Waals surface area contributed by atoms with Crippen LogP contribution in [0.3, 0.4) is 0 Å². The molecule has 0 radical (unpaired) electrons. The van der Waals surface area contributed by atoms with Crippen LogP contribution in [0, 0.1) is 5.92 Å². The molecule has 180 valence electrons. The van der Waals surface area contributed by atoms with Crippen LogP contribution in [0.2, 0.25) is 0 Å². The molecular formula is C26H29F2N3O3. The van der Waals surface area contributed by atoms with Gasteiger partial charge in [-0.05, 0) is 75.3 Å². The van der Waals surface area contributed by atoms with E-state index in [2.05, 4.69) is 19.9 Å². The molecule has 2 aliphatic rings.